The number of hydrogen-bond donors (Lipinski definition) is 3. The Kier molecular flexibility index (Phi) is 7.61. The molecule has 1 aliphatic rings. The third-order valence-electron chi connectivity index (χ3n) is 4.83. The van der Waals surface area contributed by atoms with E-state index in [0.29, 0.717) is 19.7 Å². The summed E-state index contributed by atoms with van der Waals surface area (Å²) in [7, 11) is 0. The smallest absolute Gasteiger partial charge is 0.335 e. The Bertz CT molecular complexity index is 795. The maximum absolute atomic E-state index is 12.1. The maximum Gasteiger partial charge on any atom is 0.335 e. The van der Waals surface area contributed by atoms with Gasteiger partial charge in [0.25, 0.3) is 0 Å². The molecule has 2 amide bonds. The minimum absolute atomic E-state index is 0.0539. The van der Waals surface area contributed by atoms with E-state index in [9.17, 15) is 9.59 Å². The fourth-order valence-electron chi connectivity index (χ4n) is 3.30. The fraction of sp³-hybridized carbons (Fsp3) is 0.364. The maximum atomic E-state index is 12.1. The molecule has 0 aliphatic carbocycles. The van der Waals surface area contributed by atoms with Crippen LogP contribution in [0.2, 0.25) is 0 Å². The Morgan fingerprint density at radius 2 is 1.79 bits per heavy atom. The van der Waals surface area contributed by atoms with Crippen LogP contribution in [0.3, 0.4) is 0 Å². The largest absolute Gasteiger partial charge is 0.478 e. The van der Waals surface area contributed by atoms with Gasteiger partial charge >= 0.3 is 12.0 Å². The van der Waals surface area contributed by atoms with Crippen molar-refractivity contribution in [2.45, 2.75) is 25.6 Å². The minimum atomic E-state index is -0.966. The summed E-state index contributed by atoms with van der Waals surface area (Å²) in [5, 5.41) is 14.6. The van der Waals surface area contributed by atoms with E-state index < -0.39 is 5.97 Å². The zero-order chi connectivity index (χ0) is 20.5. The summed E-state index contributed by atoms with van der Waals surface area (Å²) < 4.78 is 5.88. The molecule has 29 heavy (non-hydrogen) atoms. The molecular formula is C22H27N3O4. The van der Waals surface area contributed by atoms with Gasteiger partial charge in [-0.2, -0.15) is 0 Å². The van der Waals surface area contributed by atoms with Crippen LogP contribution in [0.15, 0.2) is 54.6 Å². The van der Waals surface area contributed by atoms with Gasteiger partial charge in [0.15, 0.2) is 0 Å². The van der Waals surface area contributed by atoms with Crippen molar-refractivity contribution in [2.75, 3.05) is 26.2 Å². The highest BCUT2D eigenvalue weighted by atomic mass is 16.5. The van der Waals surface area contributed by atoms with Crippen molar-refractivity contribution >= 4 is 12.0 Å². The van der Waals surface area contributed by atoms with Gasteiger partial charge in [-0.05, 0) is 29.7 Å². The van der Waals surface area contributed by atoms with Crippen LogP contribution in [0, 0.1) is 0 Å². The lowest BCUT2D eigenvalue weighted by molar-refractivity contribution is 0.0550. The van der Waals surface area contributed by atoms with Crippen molar-refractivity contribution in [3.63, 3.8) is 0 Å². The number of carbonyl (C=O) groups is 2. The predicted octanol–water partition coefficient (Wildman–Crippen LogP) is 2.48. The quantitative estimate of drug-likeness (QED) is 0.668. The molecule has 2 aromatic carbocycles. The molecule has 0 radical (unpaired) electrons. The number of aromatic carboxylic acids is 1. The first-order valence-corrected chi connectivity index (χ1v) is 9.82. The molecule has 1 saturated heterocycles. The molecule has 7 nitrogen and oxygen atoms in total. The molecule has 2 aromatic rings. The zero-order valence-electron chi connectivity index (χ0n) is 16.3. The van der Waals surface area contributed by atoms with E-state index in [1.165, 1.54) is 17.7 Å². The van der Waals surface area contributed by atoms with Gasteiger partial charge in [-0.25, -0.2) is 9.59 Å². The summed E-state index contributed by atoms with van der Waals surface area (Å²) in [5.41, 5.74) is 2.33. The van der Waals surface area contributed by atoms with Gasteiger partial charge in [0.1, 0.15) is 0 Å². The summed E-state index contributed by atoms with van der Waals surface area (Å²) in [6, 6.07) is 16.5. The first kappa shape index (κ1) is 20.8. The molecule has 0 bridgehead atoms. The second kappa shape index (κ2) is 10.6. The minimum Gasteiger partial charge on any atom is -0.478 e. The highest BCUT2D eigenvalue weighted by Crippen LogP contribution is 2.10. The van der Waals surface area contributed by atoms with Gasteiger partial charge in [0.05, 0.1) is 11.7 Å². The summed E-state index contributed by atoms with van der Waals surface area (Å²) in [6.07, 6.45) is 0.920. The molecule has 3 rings (SSSR count). The Labute approximate surface area is 170 Å². The molecule has 0 saturated carbocycles. The number of ether oxygens (including phenoxy) is 1. The van der Waals surface area contributed by atoms with Crippen LogP contribution < -0.4 is 10.6 Å². The average Bonchev–Trinajstić information content (AvgIpc) is 2.97. The van der Waals surface area contributed by atoms with Gasteiger partial charge in [-0.3, -0.25) is 4.90 Å². The molecule has 3 N–H and O–H groups in total. The number of carboxylic acid groups (broad SMARTS) is 1. The van der Waals surface area contributed by atoms with Crippen molar-refractivity contribution in [3.8, 4) is 0 Å². The number of nitrogens with zero attached hydrogens (tertiary/aromatic N) is 1. The molecule has 154 valence electrons. The number of nitrogens with one attached hydrogen (secondary N) is 2. The Hall–Kier alpha value is -2.90. The number of carbonyl (C=O) groups excluding carboxylic acids is 1. The second-order valence-corrected chi connectivity index (χ2v) is 7.13. The molecule has 7 heteroatoms. The molecule has 0 spiro atoms. The molecule has 1 fully saturated rings. The molecule has 1 heterocycles. The highest BCUT2D eigenvalue weighted by Gasteiger charge is 2.19. The monoisotopic (exact) mass is 397 g/mol. The van der Waals surface area contributed by atoms with Crippen molar-refractivity contribution in [1.82, 2.24) is 15.5 Å². The summed E-state index contributed by atoms with van der Waals surface area (Å²) >= 11 is 0. The predicted molar refractivity (Wildman–Crippen MR) is 110 cm³/mol. The summed E-state index contributed by atoms with van der Waals surface area (Å²) in [4.78, 5) is 25.3. The van der Waals surface area contributed by atoms with E-state index in [4.69, 9.17) is 9.84 Å². The Morgan fingerprint density at radius 1 is 1.03 bits per heavy atom. The van der Waals surface area contributed by atoms with Crippen LogP contribution in [-0.4, -0.2) is 54.4 Å². The van der Waals surface area contributed by atoms with Crippen LogP contribution in [-0.2, 0) is 17.8 Å². The summed E-state index contributed by atoms with van der Waals surface area (Å²) in [5.74, 6) is -0.966. The molecule has 1 atom stereocenters. The van der Waals surface area contributed by atoms with Crippen LogP contribution >= 0.6 is 0 Å². The summed E-state index contributed by atoms with van der Waals surface area (Å²) in [6.45, 7) is 4.08. The van der Waals surface area contributed by atoms with Gasteiger partial charge < -0.3 is 20.5 Å². The zero-order valence-corrected chi connectivity index (χ0v) is 16.3. The van der Waals surface area contributed by atoms with E-state index in [-0.39, 0.29) is 17.7 Å². The number of carboxylic acids is 1. The fourth-order valence-corrected chi connectivity index (χ4v) is 3.30. The van der Waals surface area contributed by atoms with Crippen molar-refractivity contribution < 1.29 is 19.4 Å². The van der Waals surface area contributed by atoms with Crippen LogP contribution in [0.25, 0.3) is 0 Å². The van der Waals surface area contributed by atoms with E-state index >= 15 is 0 Å². The number of hydrogen-bond acceptors (Lipinski definition) is 4. The molecule has 1 unspecified atom stereocenters. The van der Waals surface area contributed by atoms with Gasteiger partial charge in [-0.15, -0.1) is 0 Å². The second-order valence-electron chi connectivity index (χ2n) is 7.13. The van der Waals surface area contributed by atoms with Gasteiger partial charge in [-0.1, -0.05) is 42.5 Å². The lowest BCUT2D eigenvalue weighted by atomic mass is 10.1. The number of urea groups is 1. The van der Waals surface area contributed by atoms with E-state index in [2.05, 4.69) is 27.7 Å². The molecule has 1 aliphatic heterocycles. The van der Waals surface area contributed by atoms with Crippen LogP contribution in [0.4, 0.5) is 4.79 Å². The van der Waals surface area contributed by atoms with Crippen molar-refractivity contribution in [2.24, 2.45) is 0 Å². The van der Waals surface area contributed by atoms with Crippen LogP contribution in [0.5, 0.6) is 0 Å². The highest BCUT2D eigenvalue weighted by molar-refractivity contribution is 5.87. The van der Waals surface area contributed by atoms with Crippen LogP contribution in [0.1, 0.15) is 27.9 Å². The third-order valence-corrected chi connectivity index (χ3v) is 4.83. The van der Waals surface area contributed by atoms with Crippen molar-refractivity contribution in [3.05, 3.63) is 71.3 Å². The topological polar surface area (TPSA) is 90.9 Å². The standard InChI is InChI=1S/C22H27N3O4/c26-21(27)19-9-7-17(8-10-19)13-23-22(28)24-14-20-16-25(11-4-12-29-20)15-18-5-2-1-3-6-18/h1-3,5-10,20H,4,11-16H2,(H,26,27)(H2,23,24,28). The third kappa shape index (κ3) is 6.89. The van der Waals surface area contributed by atoms with E-state index in [1.807, 2.05) is 18.2 Å². The molecular weight excluding hydrogens is 370 g/mol. The SMILES string of the molecule is O=C(NCc1ccc(C(=O)O)cc1)NCC1CN(Cc2ccccc2)CCCO1. The van der Waals surface area contributed by atoms with Gasteiger partial charge in [0.2, 0.25) is 0 Å². The number of benzene rings is 2. The lowest BCUT2D eigenvalue weighted by Crippen LogP contribution is -2.43. The van der Waals surface area contributed by atoms with Crippen molar-refractivity contribution in [1.29, 1.82) is 0 Å². The molecule has 0 aromatic heterocycles. The van der Waals surface area contributed by atoms with E-state index in [0.717, 1.165) is 31.6 Å². The Balaban J connectivity index is 1.41. The number of amides is 2. The first-order valence-electron chi connectivity index (χ1n) is 9.82. The average molecular weight is 397 g/mol. The first-order chi connectivity index (χ1) is 14.1. The lowest BCUT2D eigenvalue weighted by Gasteiger charge is -2.24. The van der Waals surface area contributed by atoms with Gasteiger partial charge in [0, 0.05) is 39.3 Å². The normalized spacial score (nSPS) is 17.3. The number of rotatable bonds is 7. The Morgan fingerprint density at radius 3 is 2.52 bits per heavy atom. The van der Waals surface area contributed by atoms with E-state index in [1.54, 1.807) is 12.1 Å².